The van der Waals surface area contributed by atoms with Gasteiger partial charge in [-0.15, -0.1) is 0 Å². The first kappa shape index (κ1) is 34.8. The zero-order valence-electron chi connectivity index (χ0n) is 27.8. The highest BCUT2D eigenvalue weighted by Crippen LogP contribution is 2.30. The number of benzene rings is 4. The summed E-state index contributed by atoms with van der Waals surface area (Å²) in [6.45, 7) is 3.88. The molecule has 254 valence electrons. The average Bonchev–Trinajstić information content (AvgIpc) is 3.22. The highest BCUT2D eigenvalue weighted by Gasteiger charge is 2.33. The van der Waals surface area contributed by atoms with Gasteiger partial charge in [-0.25, -0.2) is 4.79 Å². The quantitative estimate of drug-likeness (QED) is 0.166. The van der Waals surface area contributed by atoms with Gasteiger partial charge in [-0.2, -0.15) is 0 Å². The van der Waals surface area contributed by atoms with Crippen LogP contribution in [0.3, 0.4) is 0 Å². The SMILES string of the molecule is CC(C)(CC(=O)NC1CCc2ccccc2N(Cc2ccc(-c3ccccc3C(=O)NCCO)cc2)C1=O)NC(=O)OCc1ccccc1. The van der Waals surface area contributed by atoms with E-state index in [1.54, 1.807) is 30.9 Å². The van der Waals surface area contributed by atoms with Crippen LogP contribution in [0, 0.1) is 0 Å². The Morgan fingerprint density at radius 2 is 1.57 bits per heavy atom. The van der Waals surface area contributed by atoms with Crippen molar-refractivity contribution in [2.75, 3.05) is 18.1 Å². The Bertz CT molecular complexity index is 1770. The standard InChI is InChI=1S/C39H42N4O6/c1-39(2,42-38(48)49-26-28-10-4-3-5-11-28)24-35(45)41-33-21-20-30-12-6-9-15-34(30)43(37(33)47)25-27-16-18-29(19-17-27)31-13-7-8-14-32(31)36(46)40-22-23-44/h3-19,33,44H,20-26H2,1-2H3,(H,40,46)(H,41,45)(H,42,48). The summed E-state index contributed by atoms with van der Waals surface area (Å²) in [6, 6.07) is 31.3. The number of para-hydroxylation sites is 1. The number of ether oxygens (including phenoxy) is 1. The predicted molar refractivity (Wildman–Crippen MR) is 188 cm³/mol. The molecule has 1 unspecified atom stereocenters. The molecule has 10 heteroatoms. The first-order valence-electron chi connectivity index (χ1n) is 16.4. The Morgan fingerprint density at radius 3 is 2.33 bits per heavy atom. The Morgan fingerprint density at radius 1 is 0.878 bits per heavy atom. The molecule has 1 heterocycles. The normalized spacial score (nSPS) is 14.3. The van der Waals surface area contributed by atoms with E-state index >= 15 is 0 Å². The molecular weight excluding hydrogens is 620 g/mol. The maximum absolute atomic E-state index is 14.1. The van der Waals surface area contributed by atoms with E-state index in [2.05, 4.69) is 16.0 Å². The highest BCUT2D eigenvalue weighted by molar-refractivity contribution is 6.01. The number of carbonyl (C=O) groups is 4. The van der Waals surface area contributed by atoms with Gasteiger partial charge in [-0.05, 0) is 66.6 Å². The van der Waals surface area contributed by atoms with Crippen molar-refractivity contribution < 1.29 is 29.0 Å². The Labute approximate surface area is 286 Å². The lowest BCUT2D eigenvalue weighted by Gasteiger charge is -2.28. The average molecular weight is 663 g/mol. The number of alkyl carbamates (subject to hydrolysis) is 1. The summed E-state index contributed by atoms with van der Waals surface area (Å²) in [5.74, 6) is -0.847. The van der Waals surface area contributed by atoms with Gasteiger partial charge in [0.05, 0.1) is 13.2 Å². The molecule has 4 aromatic rings. The maximum Gasteiger partial charge on any atom is 0.407 e. The van der Waals surface area contributed by atoms with Crippen LogP contribution in [-0.4, -0.2) is 53.7 Å². The van der Waals surface area contributed by atoms with Gasteiger partial charge in [-0.3, -0.25) is 14.4 Å². The molecule has 0 spiro atoms. The lowest BCUT2D eigenvalue weighted by molar-refractivity contribution is -0.128. The summed E-state index contributed by atoms with van der Waals surface area (Å²) < 4.78 is 5.33. The Hall–Kier alpha value is -5.48. The number of nitrogens with zero attached hydrogens (tertiary/aromatic N) is 1. The third-order valence-corrected chi connectivity index (χ3v) is 8.31. The first-order chi connectivity index (χ1) is 23.6. The van der Waals surface area contributed by atoms with Crippen molar-refractivity contribution in [1.29, 1.82) is 0 Å². The fourth-order valence-electron chi connectivity index (χ4n) is 5.91. The van der Waals surface area contributed by atoms with Crippen molar-refractivity contribution in [2.45, 2.75) is 57.8 Å². The maximum atomic E-state index is 14.1. The van der Waals surface area contributed by atoms with E-state index in [1.165, 1.54) is 0 Å². The van der Waals surface area contributed by atoms with Crippen LogP contribution in [0.1, 0.15) is 53.7 Å². The summed E-state index contributed by atoms with van der Waals surface area (Å²) in [7, 11) is 0. The van der Waals surface area contributed by atoms with E-state index < -0.39 is 17.7 Å². The number of fused-ring (bicyclic) bond motifs is 1. The first-order valence-corrected chi connectivity index (χ1v) is 16.4. The van der Waals surface area contributed by atoms with Crippen LogP contribution < -0.4 is 20.9 Å². The van der Waals surface area contributed by atoms with Crippen LogP contribution in [0.25, 0.3) is 11.1 Å². The van der Waals surface area contributed by atoms with Crippen LogP contribution in [0.4, 0.5) is 10.5 Å². The van der Waals surface area contributed by atoms with Crippen molar-refractivity contribution >= 4 is 29.5 Å². The number of aryl methyl sites for hydroxylation is 1. The molecule has 10 nitrogen and oxygen atoms in total. The van der Waals surface area contributed by atoms with Crippen LogP contribution in [0.2, 0.25) is 0 Å². The number of amides is 4. The number of rotatable bonds is 12. The van der Waals surface area contributed by atoms with Crippen molar-refractivity contribution in [3.8, 4) is 11.1 Å². The molecule has 0 fully saturated rings. The van der Waals surface area contributed by atoms with Gasteiger partial charge >= 0.3 is 6.09 Å². The Kier molecular flexibility index (Phi) is 11.4. The Balaban J connectivity index is 1.26. The lowest BCUT2D eigenvalue weighted by atomic mass is 9.98. The van der Waals surface area contributed by atoms with Gasteiger partial charge < -0.3 is 30.7 Å². The molecule has 4 aromatic carbocycles. The minimum atomic E-state index is -0.922. The fraction of sp³-hybridized carbons (Fsp3) is 0.282. The highest BCUT2D eigenvalue weighted by atomic mass is 16.5. The largest absolute Gasteiger partial charge is 0.445 e. The van der Waals surface area contributed by atoms with E-state index in [0.717, 1.165) is 33.5 Å². The fourth-order valence-corrected chi connectivity index (χ4v) is 5.91. The van der Waals surface area contributed by atoms with Crippen molar-refractivity contribution in [3.05, 3.63) is 125 Å². The van der Waals surface area contributed by atoms with E-state index in [0.29, 0.717) is 18.4 Å². The molecule has 0 saturated carbocycles. The van der Waals surface area contributed by atoms with Crippen molar-refractivity contribution in [1.82, 2.24) is 16.0 Å². The van der Waals surface area contributed by atoms with Gasteiger partial charge in [0.25, 0.3) is 5.91 Å². The van der Waals surface area contributed by atoms with Gasteiger partial charge in [0.2, 0.25) is 11.8 Å². The number of aliphatic hydroxyl groups excluding tert-OH is 1. The summed E-state index contributed by atoms with van der Waals surface area (Å²) in [4.78, 5) is 54.2. The summed E-state index contributed by atoms with van der Waals surface area (Å²) in [5.41, 5.74) is 4.70. The molecular formula is C39H42N4O6. The lowest BCUT2D eigenvalue weighted by Crippen LogP contribution is -2.51. The topological polar surface area (TPSA) is 137 Å². The number of carbonyl (C=O) groups excluding carboxylic acids is 4. The molecule has 0 aliphatic carbocycles. The van der Waals surface area contributed by atoms with Crippen LogP contribution in [0.15, 0.2) is 103 Å². The summed E-state index contributed by atoms with van der Waals surface area (Å²) >= 11 is 0. The number of anilines is 1. The van der Waals surface area contributed by atoms with Gasteiger partial charge in [0, 0.05) is 29.8 Å². The van der Waals surface area contributed by atoms with E-state index in [1.807, 2.05) is 91.0 Å². The number of nitrogens with one attached hydrogen (secondary N) is 3. The molecule has 49 heavy (non-hydrogen) atoms. The van der Waals surface area contributed by atoms with Gasteiger partial charge in [-0.1, -0.05) is 91.0 Å². The minimum absolute atomic E-state index is 0.0505. The second-order valence-corrected chi connectivity index (χ2v) is 12.7. The zero-order chi connectivity index (χ0) is 34.8. The molecule has 1 aliphatic rings. The summed E-state index contributed by atoms with van der Waals surface area (Å²) in [5, 5.41) is 17.5. The van der Waals surface area contributed by atoms with Gasteiger partial charge in [0.1, 0.15) is 12.6 Å². The second kappa shape index (κ2) is 16.1. The molecule has 4 amide bonds. The number of aliphatic hydroxyl groups is 1. The van der Waals surface area contributed by atoms with Crippen LogP contribution in [-0.2, 0) is 33.9 Å². The monoisotopic (exact) mass is 662 g/mol. The van der Waals surface area contributed by atoms with E-state index in [9.17, 15) is 19.2 Å². The molecule has 0 bridgehead atoms. The molecule has 0 radical (unpaired) electrons. The van der Waals surface area contributed by atoms with Gasteiger partial charge in [0.15, 0.2) is 0 Å². The molecule has 0 aromatic heterocycles. The molecule has 1 aliphatic heterocycles. The number of hydrogen-bond acceptors (Lipinski definition) is 6. The predicted octanol–water partition coefficient (Wildman–Crippen LogP) is 5.14. The minimum Gasteiger partial charge on any atom is -0.445 e. The molecule has 0 saturated heterocycles. The number of hydrogen-bond donors (Lipinski definition) is 4. The van der Waals surface area contributed by atoms with E-state index in [-0.39, 0.29) is 50.4 Å². The molecule has 1 atom stereocenters. The second-order valence-electron chi connectivity index (χ2n) is 12.7. The van der Waals surface area contributed by atoms with Crippen LogP contribution in [0.5, 0.6) is 0 Å². The van der Waals surface area contributed by atoms with Crippen molar-refractivity contribution in [2.24, 2.45) is 0 Å². The van der Waals surface area contributed by atoms with Crippen molar-refractivity contribution in [3.63, 3.8) is 0 Å². The zero-order valence-corrected chi connectivity index (χ0v) is 27.8. The third-order valence-electron chi connectivity index (χ3n) is 8.31. The third kappa shape index (κ3) is 9.33. The molecule has 4 N–H and O–H groups in total. The summed E-state index contributed by atoms with van der Waals surface area (Å²) in [6.07, 6.45) is 0.350. The smallest absolute Gasteiger partial charge is 0.407 e. The molecule has 5 rings (SSSR count). The van der Waals surface area contributed by atoms with E-state index in [4.69, 9.17) is 9.84 Å². The van der Waals surface area contributed by atoms with Crippen LogP contribution >= 0.6 is 0 Å².